The van der Waals surface area contributed by atoms with E-state index in [9.17, 15) is 4.79 Å². The summed E-state index contributed by atoms with van der Waals surface area (Å²) >= 11 is -0.308. The zero-order valence-corrected chi connectivity index (χ0v) is 10.3. The van der Waals surface area contributed by atoms with Gasteiger partial charge in [0.1, 0.15) is 0 Å². The Balaban J connectivity index is 2.06. The molecule has 0 saturated heterocycles. The number of rotatable bonds is 4. The van der Waals surface area contributed by atoms with E-state index in [-0.39, 0.29) is 19.6 Å². The monoisotopic (exact) mass is 283 g/mol. The van der Waals surface area contributed by atoms with Gasteiger partial charge in [-0.1, -0.05) is 0 Å². The van der Waals surface area contributed by atoms with Crippen LogP contribution in [0.5, 0.6) is 5.88 Å². The number of methoxy groups -OCH3 is 1. The Morgan fingerprint density at radius 2 is 2.31 bits per heavy atom. The van der Waals surface area contributed by atoms with Crippen LogP contribution in [0, 0.1) is 0 Å². The molecular formula is C11H9NO3Se. The van der Waals surface area contributed by atoms with Crippen molar-refractivity contribution in [3.05, 3.63) is 42.5 Å². The Hall–Kier alpha value is -1.58. The predicted octanol–water partition coefficient (Wildman–Crippen LogP) is 0.853. The summed E-state index contributed by atoms with van der Waals surface area (Å²) in [7, 11) is 1.56. The summed E-state index contributed by atoms with van der Waals surface area (Å²) in [5.41, 5.74) is 0. The van der Waals surface area contributed by atoms with Crippen molar-refractivity contribution in [1.29, 1.82) is 0 Å². The van der Waals surface area contributed by atoms with Gasteiger partial charge < -0.3 is 0 Å². The molecule has 0 unspecified atom stereocenters. The number of carbonyl (C=O) groups excluding carboxylic acids is 1. The SMILES string of the molecule is COc1ccc([Se]C(=O)c2ccco2)cn1. The molecule has 0 radical (unpaired) electrons. The predicted molar refractivity (Wildman–Crippen MR) is 59.2 cm³/mol. The Morgan fingerprint density at radius 3 is 2.88 bits per heavy atom. The van der Waals surface area contributed by atoms with Gasteiger partial charge in [0.2, 0.25) is 0 Å². The number of ether oxygens (including phenoxy) is 1. The van der Waals surface area contributed by atoms with Crippen molar-refractivity contribution < 1.29 is 13.9 Å². The second-order valence-electron chi connectivity index (χ2n) is 2.90. The van der Waals surface area contributed by atoms with Crippen LogP contribution < -0.4 is 9.20 Å². The van der Waals surface area contributed by atoms with Crippen LogP contribution in [0.25, 0.3) is 0 Å². The molecule has 0 fully saturated rings. The van der Waals surface area contributed by atoms with Crippen LogP contribution in [0.1, 0.15) is 10.6 Å². The standard InChI is InChI=1S/C11H9NO3Se/c1-14-10-5-4-8(7-12-10)16-11(13)9-3-2-6-15-9/h2-7H,1H3. The average Bonchev–Trinajstić information content (AvgIpc) is 2.83. The van der Waals surface area contributed by atoms with Crippen molar-refractivity contribution in [3.8, 4) is 5.88 Å². The summed E-state index contributed by atoms with van der Waals surface area (Å²) in [6.07, 6.45) is 3.15. The van der Waals surface area contributed by atoms with Crippen LogP contribution in [0.4, 0.5) is 0 Å². The second kappa shape index (κ2) is 4.96. The van der Waals surface area contributed by atoms with Gasteiger partial charge in [-0.25, -0.2) is 0 Å². The van der Waals surface area contributed by atoms with Gasteiger partial charge in [0.25, 0.3) is 0 Å². The van der Waals surface area contributed by atoms with Crippen molar-refractivity contribution in [2.75, 3.05) is 7.11 Å². The molecule has 0 aliphatic carbocycles. The topological polar surface area (TPSA) is 52.3 Å². The summed E-state index contributed by atoms with van der Waals surface area (Å²) in [6.45, 7) is 0. The summed E-state index contributed by atoms with van der Waals surface area (Å²) in [6, 6.07) is 6.95. The number of hydrogen-bond donors (Lipinski definition) is 0. The fourth-order valence-corrected chi connectivity index (χ4v) is 2.51. The zero-order valence-electron chi connectivity index (χ0n) is 8.54. The molecule has 2 heterocycles. The number of furan rings is 1. The maximum atomic E-state index is 11.7. The molecule has 4 nitrogen and oxygen atoms in total. The molecule has 0 aliphatic rings. The molecule has 0 atom stereocenters. The van der Waals surface area contributed by atoms with E-state index < -0.39 is 0 Å². The molecule has 0 bridgehead atoms. The van der Waals surface area contributed by atoms with Gasteiger partial charge >= 0.3 is 98.5 Å². The number of pyridine rings is 1. The van der Waals surface area contributed by atoms with E-state index in [1.165, 1.54) is 6.26 Å². The fraction of sp³-hybridized carbons (Fsp3) is 0.0909. The van der Waals surface area contributed by atoms with E-state index in [1.54, 1.807) is 31.5 Å². The van der Waals surface area contributed by atoms with Crippen LogP contribution in [-0.4, -0.2) is 31.7 Å². The summed E-state index contributed by atoms with van der Waals surface area (Å²) in [5.74, 6) is 0.945. The van der Waals surface area contributed by atoms with Gasteiger partial charge in [-0.2, -0.15) is 0 Å². The van der Waals surface area contributed by atoms with Gasteiger partial charge in [-0.3, -0.25) is 0 Å². The second-order valence-corrected chi connectivity index (χ2v) is 5.10. The van der Waals surface area contributed by atoms with E-state index in [4.69, 9.17) is 9.15 Å². The first kappa shape index (κ1) is 10.9. The molecule has 0 N–H and O–H groups in total. The number of aromatic nitrogens is 1. The fourth-order valence-electron chi connectivity index (χ4n) is 1.10. The summed E-state index contributed by atoms with van der Waals surface area (Å²) in [4.78, 5) is 15.7. The molecule has 2 aromatic rings. The third kappa shape index (κ3) is 2.51. The Morgan fingerprint density at radius 1 is 1.44 bits per heavy atom. The molecule has 5 heteroatoms. The summed E-state index contributed by atoms with van der Waals surface area (Å²) in [5, 5.41) is 0. The third-order valence-corrected chi connectivity index (χ3v) is 3.66. The van der Waals surface area contributed by atoms with Crippen molar-refractivity contribution >= 4 is 24.1 Å². The van der Waals surface area contributed by atoms with Crippen LogP contribution >= 0.6 is 0 Å². The first-order chi connectivity index (χ1) is 7.79. The van der Waals surface area contributed by atoms with E-state index >= 15 is 0 Å². The molecule has 0 amide bonds. The van der Waals surface area contributed by atoms with Crippen LogP contribution in [0.15, 0.2) is 41.1 Å². The molecule has 2 rings (SSSR count). The van der Waals surface area contributed by atoms with Crippen molar-refractivity contribution in [3.63, 3.8) is 0 Å². The normalized spacial score (nSPS) is 10.1. The van der Waals surface area contributed by atoms with Gasteiger partial charge in [0.15, 0.2) is 0 Å². The zero-order chi connectivity index (χ0) is 11.4. The number of hydrogen-bond acceptors (Lipinski definition) is 4. The summed E-state index contributed by atoms with van der Waals surface area (Å²) < 4.78 is 10.9. The van der Waals surface area contributed by atoms with E-state index in [0.29, 0.717) is 11.6 Å². The molecule has 16 heavy (non-hydrogen) atoms. The minimum atomic E-state index is -0.308. The van der Waals surface area contributed by atoms with Crippen LogP contribution in [0.2, 0.25) is 0 Å². The maximum absolute atomic E-state index is 11.7. The van der Waals surface area contributed by atoms with Gasteiger partial charge in [0.05, 0.1) is 0 Å². The first-order valence-corrected chi connectivity index (χ1v) is 6.26. The Bertz CT molecular complexity index is 464. The van der Waals surface area contributed by atoms with Gasteiger partial charge in [-0.15, -0.1) is 0 Å². The molecule has 0 aromatic carbocycles. The van der Waals surface area contributed by atoms with Crippen LogP contribution in [0.3, 0.4) is 0 Å². The Kier molecular flexibility index (Phi) is 3.39. The molecule has 0 spiro atoms. The van der Waals surface area contributed by atoms with Gasteiger partial charge in [-0.05, 0) is 0 Å². The van der Waals surface area contributed by atoms with Gasteiger partial charge in [0, 0.05) is 0 Å². The van der Waals surface area contributed by atoms with E-state index in [1.807, 2.05) is 6.07 Å². The molecular weight excluding hydrogens is 273 g/mol. The van der Waals surface area contributed by atoms with Crippen molar-refractivity contribution in [1.82, 2.24) is 4.98 Å². The molecule has 82 valence electrons. The quantitative estimate of drug-likeness (QED) is 0.780. The number of carbonyl (C=O) groups is 1. The molecule has 0 saturated carbocycles. The average molecular weight is 282 g/mol. The minimum absolute atomic E-state index is 0.00414. The molecule has 2 aromatic heterocycles. The van der Waals surface area contributed by atoms with Crippen molar-refractivity contribution in [2.45, 2.75) is 0 Å². The van der Waals surface area contributed by atoms with E-state index in [0.717, 1.165) is 4.46 Å². The molecule has 0 aliphatic heterocycles. The van der Waals surface area contributed by atoms with E-state index in [2.05, 4.69) is 4.98 Å². The van der Waals surface area contributed by atoms with Crippen molar-refractivity contribution in [2.24, 2.45) is 0 Å². The Labute approximate surface area is 98.8 Å². The van der Waals surface area contributed by atoms with Crippen LogP contribution in [-0.2, 0) is 0 Å². The first-order valence-electron chi connectivity index (χ1n) is 4.55. The number of nitrogens with zero attached hydrogens (tertiary/aromatic N) is 1. The third-order valence-electron chi connectivity index (χ3n) is 1.85.